The topological polar surface area (TPSA) is 72.5 Å². The molecule has 2 atom stereocenters. The second-order valence-electron chi connectivity index (χ2n) is 5.23. The third-order valence-corrected chi connectivity index (χ3v) is 5.21. The fourth-order valence-electron chi connectivity index (χ4n) is 2.22. The van der Waals surface area contributed by atoms with Crippen LogP contribution in [-0.4, -0.2) is 38.5 Å². The van der Waals surface area contributed by atoms with Gasteiger partial charge in [0.15, 0.2) is 15.9 Å². The van der Waals surface area contributed by atoms with Gasteiger partial charge in [0, 0.05) is 12.6 Å². The molecule has 0 unspecified atom stereocenters. The van der Waals surface area contributed by atoms with Crippen molar-refractivity contribution in [3.05, 3.63) is 30.1 Å². The van der Waals surface area contributed by atoms with Gasteiger partial charge in [-0.3, -0.25) is 4.79 Å². The van der Waals surface area contributed by atoms with E-state index in [1.165, 1.54) is 18.2 Å². The zero-order valence-electron chi connectivity index (χ0n) is 11.7. The molecule has 7 heteroatoms. The second kappa shape index (κ2) is 6.43. The van der Waals surface area contributed by atoms with Gasteiger partial charge in [-0.25, -0.2) is 12.8 Å². The largest absolute Gasteiger partial charge is 0.481 e. The smallest absolute Gasteiger partial charge is 0.260 e. The Kier molecular flexibility index (Phi) is 4.82. The minimum atomic E-state index is -2.94. The van der Waals surface area contributed by atoms with E-state index in [0.29, 0.717) is 13.0 Å². The standard InChI is InChI=1S/C14H18FNO4S/c1-10(20-13-4-2-3-12(15)7-13)14(17)16-8-11-5-6-21(18,19)9-11/h2-4,7,10-11H,5-6,8-9H2,1H3,(H,16,17)/t10-,11+/m1/s1. The maximum atomic E-state index is 13.0. The number of halogens is 1. The third-order valence-electron chi connectivity index (χ3n) is 3.37. The van der Waals surface area contributed by atoms with E-state index < -0.39 is 21.8 Å². The molecule has 1 aliphatic rings. The highest BCUT2D eigenvalue weighted by Crippen LogP contribution is 2.17. The van der Waals surface area contributed by atoms with E-state index in [1.807, 2.05) is 0 Å². The molecule has 116 valence electrons. The van der Waals surface area contributed by atoms with Gasteiger partial charge >= 0.3 is 0 Å². The van der Waals surface area contributed by atoms with E-state index >= 15 is 0 Å². The lowest BCUT2D eigenvalue weighted by molar-refractivity contribution is -0.127. The molecule has 0 bridgehead atoms. The second-order valence-corrected chi connectivity index (χ2v) is 7.46. The van der Waals surface area contributed by atoms with Crippen LogP contribution in [0.25, 0.3) is 0 Å². The molecular formula is C14H18FNO4S. The molecule has 0 aliphatic carbocycles. The van der Waals surface area contributed by atoms with Crippen LogP contribution in [0.4, 0.5) is 4.39 Å². The summed E-state index contributed by atoms with van der Waals surface area (Å²) in [7, 11) is -2.94. The maximum Gasteiger partial charge on any atom is 0.260 e. The van der Waals surface area contributed by atoms with Gasteiger partial charge in [-0.15, -0.1) is 0 Å². The Morgan fingerprint density at radius 1 is 1.52 bits per heavy atom. The van der Waals surface area contributed by atoms with Crippen LogP contribution in [0, 0.1) is 11.7 Å². The lowest BCUT2D eigenvalue weighted by Gasteiger charge is -2.16. The summed E-state index contributed by atoms with van der Waals surface area (Å²) in [6.45, 7) is 1.88. The van der Waals surface area contributed by atoms with E-state index in [9.17, 15) is 17.6 Å². The van der Waals surface area contributed by atoms with E-state index in [2.05, 4.69) is 5.32 Å². The number of sulfone groups is 1. The number of carbonyl (C=O) groups excluding carboxylic acids is 1. The summed E-state index contributed by atoms with van der Waals surface area (Å²) in [6.07, 6.45) is -0.202. The van der Waals surface area contributed by atoms with E-state index in [0.717, 1.165) is 0 Å². The van der Waals surface area contributed by atoms with Crippen molar-refractivity contribution in [2.75, 3.05) is 18.1 Å². The fourth-order valence-corrected chi connectivity index (χ4v) is 4.08. The molecule has 0 saturated carbocycles. The summed E-state index contributed by atoms with van der Waals surface area (Å²) in [4.78, 5) is 11.9. The van der Waals surface area contributed by atoms with Crippen LogP contribution in [0.2, 0.25) is 0 Å². The van der Waals surface area contributed by atoms with Crippen LogP contribution >= 0.6 is 0 Å². The molecule has 1 saturated heterocycles. The number of amides is 1. The summed E-state index contributed by atoms with van der Waals surface area (Å²) in [6, 6.07) is 5.56. The van der Waals surface area contributed by atoms with Crippen molar-refractivity contribution in [2.24, 2.45) is 5.92 Å². The number of carbonyl (C=O) groups is 1. The average Bonchev–Trinajstić information content (AvgIpc) is 2.75. The molecule has 1 fully saturated rings. The first-order valence-corrected chi connectivity index (χ1v) is 8.58. The first-order valence-electron chi connectivity index (χ1n) is 6.76. The summed E-state index contributed by atoms with van der Waals surface area (Å²) in [5, 5.41) is 2.67. The molecule has 1 N–H and O–H groups in total. The van der Waals surface area contributed by atoms with Gasteiger partial charge in [-0.2, -0.15) is 0 Å². The minimum absolute atomic E-state index is 0.0414. The Balaban J connectivity index is 1.80. The Morgan fingerprint density at radius 2 is 2.29 bits per heavy atom. The Morgan fingerprint density at radius 3 is 2.90 bits per heavy atom. The Bertz CT molecular complexity index is 617. The highest BCUT2D eigenvalue weighted by Gasteiger charge is 2.28. The minimum Gasteiger partial charge on any atom is -0.481 e. The number of rotatable bonds is 5. The Labute approximate surface area is 123 Å². The Hall–Kier alpha value is -1.63. The number of benzene rings is 1. The van der Waals surface area contributed by atoms with Crippen molar-refractivity contribution in [2.45, 2.75) is 19.4 Å². The SMILES string of the molecule is C[C@@H](Oc1cccc(F)c1)C(=O)NC[C@@H]1CCS(=O)(=O)C1. The van der Waals surface area contributed by atoms with Gasteiger partial charge in [0.1, 0.15) is 11.6 Å². The monoisotopic (exact) mass is 315 g/mol. The van der Waals surface area contributed by atoms with Crippen LogP contribution in [0.15, 0.2) is 24.3 Å². The molecule has 1 aromatic carbocycles. The van der Waals surface area contributed by atoms with Gasteiger partial charge in [0.25, 0.3) is 5.91 Å². The van der Waals surface area contributed by atoms with Crippen molar-refractivity contribution in [3.8, 4) is 5.75 Å². The van der Waals surface area contributed by atoms with Crippen molar-refractivity contribution >= 4 is 15.7 Å². The van der Waals surface area contributed by atoms with Gasteiger partial charge in [-0.1, -0.05) is 6.07 Å². The molecule has 5 nitrogen and oxygen atoms in total. The molecule has 0 radical (unpaired) electrons. The van der Waals surface area contributed by atoms with E-state index in [1.54, 1.807) is 13.0 Å². The van der Waals surface area contributed by atoms with Crippen LogP contribution < -0.4 is 10.1 Å². The number of hydrogen-bond acceptors (Lipinski definition) is 4. The summed E-state index contributed by atoms with van der Waals surface area (Å²) >= 11 is 0. The maximum absolute atomic E-state index is 13.0. The number of nitrogens with one attached hydrogen (secondary N) is 1. The van der Waals surface area contributed by atoms with Crippen molar-refractivity contribution < 1.29 is 22.3 Å². The van der Waals surface area contributed by atoms with Crippen LogP contribution in [-0.2, 0) is 14.6 Å². The average molecular weight is 315 g/mol. The summed E-state index contributed by atoms with van der Waals surface area (Å²) in [5.74, 6) is -0.240. The number of ether oxygens (including phenoxy) is 1. The zero-order valence-corrected chi connectivity index (χ0v) is 12.5. The van der Waals surface area contributed by atoms with Crippen molar-refractivity contribution in [3.63, 3.8) is 0 Å². The lowest BCUT2D eigenvalue weighted by atomic mass is 10.1. The van der Waals surface area contributed by atoms with Crippen LogP contribution in [0.3, 0.4) is 0 Å². The van der Waals surface area contributed by atoms with Gasteiger partial charge in [0.05, 0.1) is 11.5 Å². The molecule has 0 aromatic heterocycles. The predicted molar refractivity (Wildman–Crippen MR) is 76.3 cm³/mol. The molecule has 1 heterocycles. The molecule has 1 aromatic rings. The van der Waals surface area contributed by atoms with Crippen LogP contribution in [0.5, 0.6) is 5.75 Å². The summed E-state index contributed by atoms with van der Waals surface area (Å²) in [5.41, 5.74) is 0. The highest BCUT2D eigenvalue weighted by atomic mass is 32.2. The van der Waals surface area contributed by atoms with Crippen molar-refractivity contribution in [1.82, 2.24) is 5.32 Å². The lowest BCUT2D eigenvalue weighted by Crippen LogP contribution is -2.39. The molecule has 1 aliphatic heterocycles. The normalized spacial score (nSPS) is 21.7. The molecule has 21 heavy (non-hydrogen) atoms. The van der Waals surface area contributed by atoms with E-state index in [4.69, 9.17) is 4.74 Å². The first-order chi connectivity index (χ1) is 9.85. The summed E-state index contributed by atoms with van der Waals surface area (Å²) < 4.78 is 41.0. The highest BCUT2D eigenvalue weighted by molar-refractivity contribution is 7.91. The molecule has 1 amide bonds. The number of hydrogen-bond donors (Lipinski definition) is 1. The molecular weight excluding hydrogens is 297 g/mol. The van der Waals surface area contributed by atoms with Gasteiger partial charge < -0.3 is 10.1 Å². The van der Waals surface area contributed by atoms with Gasteiger partial charge in [0.2, 0.25) is 0 Å². The predicted octanol–water partition coefficient (Wildman–Crippen LogP) is 1.14. The quantitative estimate of drug-likeness (QED) is 0.884. The van der Waals surface area contributed by atoms with Crippen molar-refractivity contribution in [1.29, 1.82) is 0 Å². The van der Waals surface area contributed by atoms with Gasteiger partial charge in [-0.05, 0) is 31.4 Å². The fraction of sp³-hybridized carbons (Fsp3) is 0.500. The molecule has 0 spiro atoms. The van der Waals surface area contributed by atoms with Crippen LogP contribution in [0.1, 0.15) is 13.3 Å². The van der Waals surface area contributed by atoms with E-state index in [-0.39, 0.29) is 29.1 Å². The first kappa shape index (κ1) is 15.8. The third kappa shape index (κ3) is 4.70. The molecule has 2 rings (SSSR count). The zero-order chi connectivity index (χ0) is 15.5.